The van der Waals surface area contributed by atoms with Crippen LogP contribution >= 0.6 is 0 Å². The fourth-order valence-electron chi connectivity index (χ4n) is 1.70. The van der Waals surface area contributed by atoms with Gasteiger partial charge in [0.1, 0.15) is 11.3 Å². The number of carbonyl (C=O) groups excluding carboxylic acids is 1. The number of alkyl halides is 3. The molecule has 0 unspecified atom stereocenters. The first-order chi connectivity index (χ1) is 9.84. The second-order valence-electron chi connectivity index (χ2n) is 4.06. The molecule has 0 radical (unpaired) electrons. The van der Waals surface area contributed by atoms with E-state index >= 15 is 0 Å². The van der Waals surface area contributed by atoms with Crippen molar-refractivity contribution >= 4 is 5.97 Å². The van der Waals surface area contributed by atoms with E-state index in [1.807, 2.05) is 0 Å². The van der Waals surface area contributed by atoms with Crippen molar-refractivity contribution in [1.82, 2.24) is 9.97 Å². The number of nitrogens with zero attached hydrogens (tertiary/aromatic N) is 2. The van der Waals surface area contributed by atoms with Gasteiger partial charge in [-0.15, -0.1) is 0 Å². The molecule has 0 atom stereocenters. The van der Waals surface area contributed by atoms with E-state index < -0.39 is 23.4 Å². The number of hydrogen-bond acceptors (Lipinski definition) is 5. The maximum Gasteiger partial charge on any atom is 0.434 e. The van der Waals surface area contributed by atoms with Gasteiger partial charge in [-0.1, -0.05) is 0 Å². The van der Waals surface area contributed by atoms with Crippen molar-refractivity contribution in [2.24, 2.45) is 0 Å². The average molecular weight is 300 g/mol. The van der Waals surface area contributed by atoms with E-state index in [-0.39, 0.29) is 12.4 Å². The summed E-state index contributed by atoms with van der Waals surface area (Å²) in [7, 11) is 0. The Bertz CT molecular complexity index is 665. The summed E-state index contributed by atoms with van der Waals surface area (Å²) < 4.78 is 48.7. The molecule has 0 N–H and O–H groups in total. The van der Waals surface area contributed by atoms with Crippen molar-refractivity contribution in [3.8, 4) is 11.4 Å². The largest absolute Gasteiger partial charge is 0.469 e. The van der Waals surface area contributed by atoms with Crippen molar-refractivity contribution in [2.75, 3.05) is 6.61 Å². The van der Waals surface area contributed by atoms with E-state index in [2.05, 4.69) is 14.7 Å². The van der Waals surface area contributed by atoms with Gasteiger partial charge in [0, 0.05) is 6.20 Å². The number of esters is 1. The van der Waals surface area contributed by atoms with Crippen LogP contribution in [0.2, 0.25) is 0 Å². The number of aryl methyl sites for hydroxylation is 1. The van der Waals surface area contributed by atoms with Crippen molar-refractivity contribution in [3.05, 3.63) is 35.5 Å². The quantitative estimate of drug-likeness (QED) is 0.814. The van der Waals surface area contributed by atoms with E-state index in [0.717, 1.165) is 6.20 Å². The molecular formula is C13H11F3N2O3. The molecule has 112 valence electrons. The zero-order valence-electron chi connectivity index (χ0n) is 11.2. The predicted molar refractivity (Wildman–Crippen MR) is 65.4 cm³/mol. The number of halogens is 3. The fourth-order valence-corrected chi connectivity index (χ4v) is 1.70. The first-order valence-electron chi connectivity index (χ1n) is 6.00. The molecule has 0 saturated carbocycles. The van der Waals surface area contributed by atoms with Crippen LogP contribution in [0.5, 0.6) is 0 Å². The molecule has 21 heavy (non-hydrogen) atoms. The molecule has 0 saturated heterocycles. The predicted octanol–water partition coefficient (Wildman–Crippen LogP) is 3.24. The van der Waals surface area contributed by atoms with Crippen LogP contribution in [0.15, 0.2) is 22.9 Å². The first-order valence-corrected chi connectivity index (χ1v) is 6.00. The Balaban J connectivity index is 2.55. The molecule has 0 amide bonds. The third-order valence-corrected chi connectivity index (χ3v) is 2.65. The van der Waals surface area contributed by atoms with Gasteiger partial charge in [0.05, 0.1) is 18.4 Å². The Morgan fingerprint density at radius 2 is 2.14 bits per heavy atom. The number of aromatic nitrogens is 2. The Morgan fingerprint density at radius 3 is 2.67 bits per heavy atom. The Labute approximate surface area is 117 Å². The summed E-state index contributed by atoms with van der Waals surface area (Å²) in [5.41, 5.74) is -1.71. The van der Waals surface area contributed by atoms with Crippen LogP contribution in [0.4, 0.5) is 13.2 Å². The van der Waals surface area contributed by atoms with Gasteiger partial charge in [-0.05, 0) is 19.9 Å². The highest BCUT2D eigenvalue weighted by molar-refractivity contribution is 5.90. The van der Waals surface area contributed by atoms with Gasteiger partial charge in [0.15, 0.2) is 11.5 Å². The molecule has 5 nitrogen and oxygen atoms in total. The fraction of sp³-hybridized carbons (Fsp3) is 0.308. The number of furan rings is 1. The maximum atomic E-state index is 13.0. The molecule has 0 aliphatic rings. The van der Waals surface area contributed by atoms with Crippen LogP contribution in [0, 0.1) is 6.92 Å². The van der Waals surface area contributed by atoms with Crippen LogP contribution < -0.4 is 0 Å². The number of hydrogen-bond donors (Lipinski definition) is 0. The average Bonchev–Trinajstić information content (AvgIpc) is 2.83. The van der Waals surface area contributed by atoms with Crippen LogP contribution in [0.3, 0.4) is 0 Å². The molecular weight excluding hydrogens is 289 g/mol. The monoisotopic (exact) mass is 300 g/mol. The molecule has 0 bridgehead atoms. The lowest BCUT2D eigenvalue weighted by atomic mass is 10.2. The van der Waals surface area contributed by atoms with E-state index in [9.17, 15) is 18.0 Å². The highest BCUT2D eigenvalue weighted by atomic mass is 19.4. The lowest BCUT2D eigenvalue weighted by molar-refractivity contribution is -0.141. The molecule has 2 aromatic heterocycles. The zero-order valence-corrected chi connectivity index (χ0v) is 11.2. The van der Waals surface area contributed by atoms with Crippen LogP contribution in [-0.2, 0) is 10.9 Å². The Hall–Kier alpha value is -2.38. The second-order valence-corrected chi connectivity index (χ2v) is 4.06. The standard InChI is InChI=1S/C13H11F3N2O3/c1-3-20-12(19)9-6-17-11(8-4-5-21-7(8)2)18-10(9)13(14,15)16/h4-6H,3H2,1-2H3. The molecule has 2 heterocycles. The number of carbonyl (C=O) groups is 1. The summed E-state index contributed by atoms with van der Waals surface area (Å²) >= 11 is 0. The molecule has 0 aliphatic heterocycles. The van der Waals surface area contributed by atoms with Gasteiger partial charge in [-0.25, -0.2) is 14.8 Å². The Morgan fingerprint density at radius 1 is 1.43 bits per heavy atom. The molecule has 0 aromatic carbocycles. The van der Waals surface area contributed by atoms with Crippen molar-refractivity contribution in [3.63, 3.8) is 0 Å². The minimum atomic E-state index is -4.79. The van der Waals surface area contributed by atoms with Gasteiger partial charge in [0.25, 0.3) is 0 Å². The van der Waals surface area contributed by atoms with Gasteiger partial charge in [-0.3, -0.25) is 0 Å². The molecule has 0 spiro atoms. The van der Waals surface area contributed by atoms with Gasteiger partial charge < -0.3 is 9.15 Å². The van der Waals surface area contributed by atoms with E-state index in [4.69, 9.17) is 4.42 Å². The minimum Gasteiger partial charge on any atom is -0.469 e. The third-order valence-electron chi connectivity index (χ3n) is 2.65. The maximum absolute atomic E-state index is 13.0. The summed E-state index contributed by atoms with van der Waals surface area (Å²) in [6, 6.07) is 1.45. The highest BCUT2D eigenvalue weighted by Gasteiger charge is 2.38. The summed E-state index contributed by atoms with van der Waals surface area (Å²) in [6.45, 7) is 3.03. The minimum absolute atomic E-state index is 0.0429. The van der Waals surface area contributed by atoms with E-state index in [1.54, 1.807) is 6.92 Å². The molecule has 0 aliphatic carbocycles. The summed E-state index contributed by atoms with van der Waals surface area (Å²) in [4.78, 5) is 18.8. The van der Waals surface area contributed by atoms with Crippen molar-refractivity contribution < 1.29 is 27.1 Å². The summed E-state index contributed by atoms with van der Waals surface area (Å²) in [5, 5.41) is 0. The first kappa shape index (κ1) is 15.0. The van der Waals surface area contributed by atoms with Crippen molar-refractivity contribution in [1.29, 1.82) is 0 Å². The van der Waals surface area contributed by atoms with Gasteiger partial charge >= 0.3 is 12.1 Å². The molecule has 2 rings (SSSR count). The summed E-state index contributed by atoms with van der Waals surface area (Å²) in [6.07, 6.45) is -2.66. The Kier molecular flexibility index (Phi) is 3.97. The molecule has 2 aromatic rings. The number of ether oxygens (including phenoxy) is 1. The lowest BCUT2D eigenvalue weighted by Crippen LogP contribution is -2.18. The molecule has 8 heteroatoms. The van der Waals surface area contributed by atoms with Crippen LogP contribution in [0.1, 0.15) is 28.7 Å². The smallest absolute Gasteiger partial charge is 0.434 e. The number of rotatable bonds is 3. The highest BCUT2D eigenvalue weighted by Crippen LogP contribution is 2.32. The summed E-state index contributed by atoms with van der Waals surface area (Å²) in [5.74, 6) is -0.895. The van der Waals surface area contributed by atoms with Crippen LogP contribution in [0.25, 0.3) is 11.4 Å². The van der Waals surface area contributed by atoms with E-state index in [1.165, 1.54) is 19.3 Å². The van der Waals surface area contributed by atoms with E-state index in [0.29, 0.717) is 11.3 Å². The molecule has 0 fully saturated rings. The topological polar surface area (TPSA) is 65.2 Å². The normalized spacial score (nSPS) is 11.5. The van der Waals surface area contributed by atoms with Gasteiger partial charge in [0.2, 0.25) is 0 Å². The zero-order chi connectivity index (χ0) is 15.6. The second kappa shape index (κ2) is 5.55. The van der Waals surface area contributed by atoms with Crippen molar-refractivity contribution in [2.45, 2.75) is 20.0 Å². The lowest BCUT2D eigenvalue weighted by Gasteiger charge is -2.11. The SMILES string of the molecule is CCOC(=O)c1cnc(-c2ccoc2C)nc1C(F)(F)F. The van der Waals surface area contributed by atoms with Gasteiger partial charge in [-0.2, -0.15) is 13.2 Å². The third kappa shape index (κ3) is 3.04. The van der Waals surface area contributed by atoms with Crippen LogP contribution in [-0.4, -0.2) is 22.5 Å².